The number of imide groups is 1. The van der Waals surface area contributed by atoms with Crippen molar-refractivity contribution in [1.82, 2.24) is 10.6 Å². The first kappa shape index (κ1) is 18.0. The van der Waals surface area contributed by atoms with E-state index in [1.807, 2.05) is 0 Å². The molecule has 8 heteroatoms. The van der Waals surface area contributed by atoms with Gasteiger partial charge in [-0.1, -0.05) is 12.1 Å². The van der Waals surface area contributed by atoms with E-state index in [0.29, 0.717) is 12.1 Å². The Hall–Kier alpha value is -2.09. The van der Waals surface area contributed by atoms with Gasteiger partial charge in [-0.3, -0.25) is 10.1 Å². The highest BCUT2D eigenvalue weighted by Crippen LogP contribution is 2.28. The zero-order valence-corrected chi connectivity index (χ0v) is 12.5. The molecule has 1 rings (SSSR count). The van der Waals surface area contributed by atoms with Crippen molar-refractivity contribution >= 4 is 11.9 Å². The van der Waals surface area contributed by atoms with Crippen LogP contribution in [0.25, 0.3) is 0 Å². The first-order valence-corrected chi connectivity index (χ1v) is 6.66. The zero-order chi connectivity index (χ0) is 16.9. The maximum Gasteiger partial charge on any atom is 0.416 e. The van der Waals surface area contributed by atoms with Gasteiger partial charge in [0.2, 0.25) is 0 Å². The summed E-state index contributed by atoms with van der Waals surface area (Å²) in [7, 11) is 3.12. The molecule has 0 spiro atoms. The Labute approximate surface area is 126 Å². The molecule has 0 heterocycles. The summed E-state index contributed by atoms with van der Waals surface area (Å²) in [6.45, 7) is 2.00. The zero-order valence-electron chi connectivity index (χ0n) is 12.5. The van der Waals surface area contributed by atoms with Crippen molar-refractivity contribution in [3.63, 3.8) is 0 Å². The van der Waals surface area contributed by atoms with Gasteiger partial charge in [-0.25, -0.2) is 4.79 Å². The average Bonchev–Trinajstić information content (AvgIpc) is 2.45. The number of amides is 3. The van der Waals surface area contributed by atoms with Crippen LogP contribution in [0.4, 0.5) is 18.0 Å². The van der Waals surface area contributed by atoms with Crippen molar-refractivity contribution in [2.24, 2.45) is 0 Å². The minimum absolute atomic E-state index is 0.362. The molecule has 0 saturated carbocycles. The Kier molecular flexibility index (Phi) is 5.92. The summed E-state index contributed by atoms with van der Waals surface area (Å²) in [4.78, 5) is 23.6. The number of carbonyl (C=O) groups excluding carboxylic acids is 2. The molecule has 0 aromatic heterocycles. The molecule has 3 amide bonds. The molecule has 2 atom stereocenters. The minimum Gasteiger partial charge on any atom is -0.341 e. The van der Waals surface area contributed by atoms with Crippen molar-refractivity contribution in [3.8, 4) is 0 Å². The van der Waals surface area contributed by atoms with E-state index in [2.05, 4.69) is 10.6 Å². The number of quaternary nitrogens is 1. The summed E-state index contributed by atoms with van der Waals surface area (Å²) in [6, 6.07) is 3.67. The predicted molar refractivity (Wildman–Crippen MR) is 74.1 cm³/mol. The SMILES string of the molecule is CNC(=O)NC(=O)[C@@H](C)[NH+](C)Cc1ccc(C(F)(F)F)cc1. The van der Waals surface area contributed by atoms with E-state index in [0.717, 1.165) is 17.0 Å². The number of benzene rings is 1. The lowest BCUT2D eigenvalue weighted by molar-refractivity contribution is -0.908. The van der Waals surface area contributed by atoms with Crippen molar-refractivity contribution in [2.45, 2.75) is 25.7 Å². The van der Waals surface area contributed by atoms with Crippen molar-refractivity contribution in [2.75, 3.05) is 14.1 Å². The molecule has 0 fully saturated rings. The van der Waals surface area contributed by atoms with Crippen LogP contribution in [0.15, 0.2) is 24.3 Å². The summed E-state index contributed by atoms with van der Waals surface area (Å²) in [5.41, 5.74) is -0.0376. The normalized spacial score (nSPS) is 14.1. The van der Waals surface area contributed by atoms with Gasteiger partial charge < -0.3 is 10.2 Å². The summed E-state index contributed by atoms with van der Waals surface area (Å²) in [5, 5.41) is 4.44. The molecule has 5 nitrogen and oxygen atoms in total. The summed E-state index contributed by atoms with van der Waals surface area (Å²) in [5.74, 6) is -0.455. The Morgan fingerprint density at radius 1 is 1.23 bits per heavy atom. The number of urea groups is 1. The lowest BCUT2D eigenvalue weighted by atomic mass is 10.1. The third-order valence-electron chi connectivity index (χ3n) is 3.36. The Balaban J connectivity index is 2.66. The van der Waals surface area contributed by atoms with Crippen LogP contribution in [0, 0.1) is 0 Å². The van der Waals surface area contributed by atoms with Gasteiger partial charge in [-0.15, -0.1) is 0 Å². The van der Waals surface area contributed by atoms with E-state index >= 15 is 0 Å². The van der Waals surface area contributed by atoms with Crippen LogP contribution in [0.5, 0.6) is 0 Å². The fourth-order valence-corrected chi connectivity index (χ4v) is 1.79. The van der Waals surface area contributed by atoms with E-state index in [1.54, 1.807) is 14.0 Å². The second-order valence-electron chi connectivity index (χ2n) is 5.01. The lowest BCUT2D eigenvalue weighted by Crippen LogP contribution is -3.12. The quantitative estimate of drug-likeness (QED) is 0.760. The fraction of sp³-hybridized carbons (Fsp3) is 0.429. The number of hydrogen-bond donors (Lipinski definition) is 3. The molecule has 1 unspecified atom stereocenters. The number of alkyl halides is 3. The maximum absolute atomic E-state index is 12.5. The van der Waals surface area contributed by atoms with Gasteiger partial charge in [-0.2, -0.15) is 13.2 Å². The number of halogens is 3. The highest BCUT2D eigenvalue weighted by Gasteiger charge is 2.30. The van der Waals surface area contributed by atoms with Gasteiger partial charge in [0, 0.05) is 12.6 Å². The van der Waals surface area contributed by atoms with Crippen molar-refractivity contribution < 1.29 is 27.7 Å². The lowest BCUT2D eigenvalue weighted by Gasteiger charge is -2.20. The fourth-order valence-electron chi connectivity index (χ4n) is 1.79. The molecule has 0 radical (unpaired) electrons. The molecule has 0 bridgehead atoms. The van der Waals surface area contributed by atoms with Crippen LogP contribution in [-0.2, 0) is 17.5 Å². The van der Waals surface area contributed by atoms with Crippen LogP contribution in [-0.4, -0.2) is 32.1 Å². The smallest absolute Gasteiger partial charge is 0.341 e. The second-order valence-corrected chi connectivity index (χ2v) is 5.01. The van der Waals surface area contributed by atoms with Crippen LogP contribution in [0.1, 0.15) is 18.1 Å². The molecule has 3 N–H and O–H groups in total. The largest absolute Gasteiger partial charge is 0.416 e. The van der Waals surface area contributed by atoms with Crippen LogP contribution in [0.2, 0.25) is 0 Å². The Morgan fingerprint density at radius 2 is 1.77 bits per heavy atom. The van der Waals surface area contributed by atoms with E-state index in [4.69, 9.17) is 0 Å². The van der Waals surface area contributed by atoms with Gasteiger partial charge in [-0.05, 0) is 19.1 Å². The predicted octanol–water partition coefficient (Wildman–Crippen LogP) is 0.564. The third kappa shape index (κ3) is 5.03. The second kappa shape index (κ2) is 7.26. The molecule has 0 aliphatic heterocycles. The third-order valence-corrected chi connectivity index (χ3v) is 3.36. The van der Waals surface area contributed by atoms with Gasteiger partial charge in [0.05, 0.1) is 12.6 Å². The summed E-state index contributed by atoms with van der Waals surface area (Å²) >= 11 is 0. The van der Waals surface area contributed by atoms with E-state index in [1.165, 1.54) is 19.2 Å². The van der Waals surface area contributed by atoms with Gasteiger partial charge in [0.15, 0.2) is 6.04 Å². The number of rotatable bonds is 4. The summed E-state index contributed by atoms with van der Waals surface area (Å²) < 4.78 is 37.4. The van der Waals surface area contributed by atoms with Crippen molar-refractivity contribution in [3.05, 3.63) is 35.4 Å². The standard InChI is InChI=1S/C14H18F3N3O2/c1-9(12(21)19-13(22)18-2)20(3)8-10-4-6-11(7-5-10)14(15,16)17/h4-7,9H,8H2,1-3H3,(H2,18,19,21,22)/p+1/t9-/m1/s1. The van der Waals surface area contributed by atoms with Crippen molar-refractivity contribution in [1.29, 1.82) is 0 Å². The van der Waals surface area contributed by atoms with Gasteiger partial charge in [0.25, 0.3) is 5.91 Å². The van der Waals surface area contributed by atoms with E-state index in [-0.39, 0.29) is 0 Å². The first-order valence-electron chi connectivity index (χ1n) is 6.66. The topological polar surface area (TPSA) is 62.6 Å². The molecular formula is C14H19F3N3O2+. The maximum atomic E-state index is 12.5. The number of nitrogens with one attached hydrogen (secondary N) is 3. The molecule has 0 aliphatic carbocycles. The Morgan fingerprint density at radius 3 is 2.23 bits per heavy atom. The monoisotopic (exact) mass is 318 g/mol. The average molecular weight is 318 g/mol. The molecular weight excluding hydrogens is 299 g/mol. The number of hydrogen-bond acceptors (Lipinski definition) is 2. The molecule has 0 saturated heterocycles. The van der Waals surface area contributed by atoms with E-state index in [9.17, 15) is 22.8 Å². The highest BCUT2D eigenvalue weighted by atomic mass is 19.4. The Bertz CT molecular complexity index is 529. The van der Waals surface area contributed by atoms with Crippen LogP contribution in [0.3, 0.4) is 0 Å². The molecule has 1 aromatic carbocycles. The van der Waals surface area contributed by atoms with Crippen LogP contribution < -0.4 is 15.5 Å². The number of carbonyl (C=O) groups is 2. The van der Waals surface area contributed by atoms with Gasteiger partial charge in [0.1, 0.15) is 6.54 Å². The van der Waals surface area contributed by atoms with Crippen LogP contribution >= 0.6 is 0 Å². The number of likely N-dealkylation sites (N-methyl/N-ethyl adjacent to an activating group) is 1. The molecule has 1 aromatic rings. The molecule has 0 aliphatic rings. The van der Waals surface area contributed by atoms with Gasteiger partial charge >= 0.3 is 12.2 Å². The highest BCUT2D eigenvalue weighted by molar-refractivity contribution is 5.96. The van der Waals surface area contributed by atoms with E-state index < -0.39 is 29.7 Å². The first-order chi connectivity index (χ1) is 10.1. The molecule has 22 heavy (non-hydrogen) atoms. The summed E-state index contributed by atoms with van der Waals surface area (Å²) in [6.07, 6.45) is -4.36. The minimum atomic E-state index is -4.36. The molecule has 122 valence electrons.